The second-order valence-electron chi connectivity index (χ2n) is 4.05. The lowest BCUT2D eigenvalue weighted by molar-refractivity contribution is 0.547. The first kappa shape index (κ1) is 14.2. The third kappa shape index (κ3) is 3.43. The highest BCUT2D eigenvalue weighted by Gasteiger charge is 2.21. The molecule has 1 aromatic carbocycles. The van der Waals surface area contributed by atoms with Crippen LogP contribution < -0.4 is 4.72 Å². The molecule has 0 amide bonds. The summed E-state index contributed by atoms with van der Waals surface area (Å²) in [7, 11) is -3.57. The minimum atomic E-state index is -3.57. The predicted octanol–water partition coefficient (Wildman–Crippen LogP) is 2.60. The van der Waals surface area contributed by atoms with E-state index >= 15 is 0 Å². The minimum Gasteiger partial charge on any atom is -0.335 e. The van der Waals surface area contributed by atoms with Gasteiger partial charge in [0.2, 0.25) is 0 Å². The zero-order valence-electron chi connectivity index (χ0n) is 10.3. The molecule has 0 saturated heterocycles. The highest BCUT2D eigenvalue weighted by Crippen LogP contribution is 2.21. The van der Waals surface area contributed by atoms with Gasteiger partial charge in [-0.2, -0.15) is 0 Å². The van der Waals surface area contributed by atoms with Gasteiger partial charge >= 0.3 is 0 Å². The molecular formula is C12H14BrN3O2S. The number of sulfonamides is 1. The zero-order chi connectivity index (χ0) is 13.9. The second-order valence-corrected chi connectivity index (χ2v) is 6.65. The number of imidazole rings is 1. The highest BCUT2D eigenvalue weighted by molar-refractivity contribution is 9.10. The molecule has 0 radical (unpaired) electrons. The molecule has 0 saturated carbocycles. The Morgan fingerprint density at radius 3 is 2.58 bits per heavy atom. The van der Waals surface area contributed by atoms with Crippen molar-refractivity contribution in [3.63, 3.8) is 0 Å². The zero-order valence-corrected chi connectivity index (χ0v) is 12.7. The molecular weight excluding hydrogens is 330 g/mol. The van der Waals surface area contributed by atoms with E-state index in [9.17, 15) is 8.42 Å². The Morgan fingerprint density at radius 2 is 2.05 bits per heavy atom. The van der Waals surface area contributed by atoms with E-state index in [0.717, 1.165) is 10.0 Å². The predicted molar refractivity (Wildman–Crippen MR) is 76.1 cm³/mol. The Bertz CT molecular complexity index is 624. The van der Waals surface area contributed by atoms with Crippen LogP contribution in [-0.2, 0) is 10.0 Å². The smallest absolute Gasteiger partial charge is 0.258 e. The van der Waals surface area contributed by atoms with Crippen molar-refractivity contribution in [1.29, 1.82) is 0 Å². The molecule has 102 valence electrons. The summed E-state index contributed by atoms with van der Waals surface area (Å²) >= 11 is 3.36. The van der Waals surface area contributed by atoms with Gasteiger partial charge < -0.3 is 4.98 Å². The van der Waals surface area contributed by atoms with Gasteiger partial charge in [0.15, 0.2) is 5.03 Å². The number of halogens is 1. The fraction of sp³-hybridized carbons (Fsp3) is 0.250. The van der Waals surface area contributed by atoms with E-state index in [0.29, 0.717) is 6.42 Å². The number of nitrogens with zero attached hydrogens (tertiary/aromatic N) is 1. The first-order chi connectivity index (χ1) is 9.03. The molecule has 2 rings (SSSR count). The van der Waals surface area contributed by atoms with Crippen molar-refractivity contribution in [2.24, 2.45) is 0 Å². The molecule has 0 aliphatic carbocycles. The topological polar surface area (TPSA) is 74.8 Å². The molecule has 1 aromatic heterocycles. The number of aromatic nitrogens is 2. The fourth-order valence-electron chi connectivity index (χ4n) is 1.72. The van der Waals surface area contributed by atoms with E-state index < -0.39 is 10.0 Å². The summed E-state index contributed by atoms with van der Waals surface area (Å²) in [6, 6.07) is 7.31. The van der Waals surface area contributed by atoms with Gasteiger partial charge in [0, 0.05) is 10.5 Å². The quantitative estimate of drug-likeness (QED) is 0.876. The maximum atomic E-state index is 12.1. The lowest BCUT2D eigenvalue weighted by Crippen LogP contribution is -2.28. The van der Waals surface area contributed by atoms with E-state index in [-0.39, 0.29) is 11.1 Å². The number of hydrogen-bond donors (Lipinski definition) is 2. The van der Waals surface area contributed by atoms with Gasteiger partial charge in [-0.3, -0.25) is 0 Å². The molecule has 7 heteroatoms. The monoisotopic (exact) mass is 343 g/mol. The Labute approximate surface area is 120 Å². The van der Waals surface area contributed by atoms with Gasteiger partial charge in [0.25, 0.3) is 10.0 Å². The lowest BCUT2D eigenvalue weighted by Gasteiger charge is -2.16. The van der Waals surface area contributed by atoms with E-state index in [2.05, 4.69) is 30.6 Å². The van der Waals surface area contributed by atoms with Crippen LogP contribution in [-0.4, -0.2) is 18.4 Å². The maximum Gasteiger partial charge on any atom is 0.258 e. The maximum absolute atomic E-state index is 12.1. The molecule has 1 unspecified atom stereocenters. The van der Waals surface area contributed by atoms with E-state index in [1.165, 1.54) is 12.5 Å². The number of rotatable bonds is 5. The molecule has 0 aliphatic heterocycles. The summed E-state index contributed by atoms with van der Waals surface area (Å²) in [5.41, 5.74) is 0.925. The van der Waals surface area contributed by atoms with Crippen molar-refractivity contribution in [3.8, 4) is 0 Å². The molecule has 2 aromatic rings. The first-order valence-corrected chi connectivity index (χ1v) is 8.06. The van der Waals surface area contributed by atoms with Crippen molar-refractivity contribution in [1.82, 2.24) is 14.7 Å². The summed E-state index contributed by atoms with van der Waals surface area (Å²) < 4.78 is 27.8. The summed E-state index contributed by atoms with van der Waals surface area (Å²) in [6.45, 7) is 1.93. The summed E-state index contributed by atoms with van der Waals surface area (Å²) in [5.74, 6) is 0. The van der Waals surface area contributed by atoms with Crippen LogP contribution in [0.2, 0.25) is 0 Å². The van der Waals surface area contributed by atoms with Crippen LogP contribution in [0.3, 0.4) is 0 Å². The van der Waals surface area contributed by atoms with Crippen molar-refractivity contribution in [2.45, 2.75) is 24.4 Å². The van der Waals surface area contributed by atoms with Crippen LogP contribution in [0.5, 0.6) is 0 Å². The number of hydrogen-bond acceptors (Lipinski definition) is 3. The molecule has 1 heterocycles. The van der Waals surface area contributed by atoms with Gasteiger partial charge in [0.05, 0.1) is 12.5 Å². The minimum absolute atomic E-state index is 0.0723. The van der Waals surface area contributed by atoms with Crippen molar-refractivity contribution < 1.29 is 8.42 Å². The van der Waals surface area contributed by atoms with Gasteiger partial charge in [-0.25, -0.2) is 18.1 Å². The molecule has 0 aliphatic rings. The molecule has 0 fully saturated rings. The molecule has 5 nitrogen and oxygen atoms in total. The van der Waals surface area contributed by atoms with Crippen LogP contribution in [0.4, 0.5) is 0 Å². The van der Waals surface area contributed by atoms with Crippen molar-refractivity contribution in [2.75, 3.05) is 0 Å². The highest BCUT2D eigenvalue weighted by atomic mass is 79.9. The SMILES string of the molecule is CCC(NS(=O)(=O)c1cnc[nH]1)c1ccc(Br)cc1. The number of aromatic amines is 1. The van der Waals surface area contributed by atoms with Crippen LogP contribution >= 0.6 is 15.9 Å². The number of H-pyrrole nitrogens is 1. The summed E-state index contributed by atoms with van der Waals surface area (Å²) in [5, 5.41) is 0.0723. The van der Waals surface area contributed by atoms with Gasteiger partial charge in [-0.1, -0.05) is 35.0 Å². The Morgan fingerprint density at radius 1 is 1.37 bits per heavy atom. The average molecular weight is 344 g/mol. The number of benzene rings is 1. The van der Waals surface area contributed by atoms with E-state index in [1.807, 2.05) is 31.2 Å². The summed E-state index contributed by atoms with van der Waals surface area (Å²) in [4.78, 5) is 6.32. The van der Waals surface area contributed by atoms with Crippen LogP contribution in [0.15, 0.2) is 46.3 Å². The first-order valence-electron chi connectivity index (χ1n) is 5.79. The van der Waals surface area contributed by atoms with E-state index in [4.69, 9.17) is 0 Å². The van der Waals surface area contributed by atoms with Gasteiger partial charge in [-0.05, 0) is 24.1 Å². The fourth-order valence-corrected chi connectivity index (χ4v) is 3.20. The van der Waals surface area contributed by atoms with Gasteiger partial charge in [0.1, 0.15) is 0 Å². The largest absolute Gasteiger partial charge is 0.335 e. The van der Waals surface area contributed by atoms with Crippen LogP contribution in [0.25, 0.3) is 0 Å². The van der Waals surface area contributed by atoms with Crippen LogP contribution in [0, 0.1) is 0 Å². The van der Waals surface area contributed by atoms with Gasteiger partial charge in [-0.15, -0.1) is 0 Å². The Hall–Kier alpha value is -1.18. The molecule has 0 spiro atoms. The number of nitrogens with one attached hydrogen (secondary N) is 2. The van der Waals surface area contributed by atoms with Crippen molar-refractivity contribution >= 4 is 26.0 Å². The Kier molecular flexibility index (Phi) is 4.38. The van der Waals surface area contributed by atoms with E-state index in [1.54, 1.807) is 0 Å². The molecule has 19 heavy (non-hydrogen) atoms. The second kappa shape index (κ2) is 5.85. The normalized spacial score (nSPS) is 13.4. The molecule has 0 bridgehead atoms. The van der Waals surface area contributed by atoms with Crippen LogP contribution in [0.1, 0.15) is 24.9 Å². The standard InChI is InChI=1S/C12H14BrN3O2S/c1-2-11(9-3-5-10(13)6-4-9)16-19(17,18)12-7-14-8-15-12/h3-8,11,16H,2H2,1H3,(H,14,15). The average Bonchev–Trinajstić information content (AvgIpc) is 2.92. The lowest BCUT2D eigenvalue weighted by atomic mass is 10.1. The molecule has 2 N–H and O–H groups in total. The Balaban J connectivity index is 2.22. The molecule has 1 atom stereocenters. The third-order valence-corrected chi connectivity index (χ3v) is 4.67. The third-order valence-electron chi connectivity index (χ3n) is 2.74. The van der Waals surface area contributed by atoms with Crippen molar-refractivity contribution in [3.05, 3.63) is 46.8 Å². The summed E-state index contributed by atoms with van der Waals surface area (Å²) in [6.07, 6.45) is 3.29.